The van der Waals surface area contributed by atoms with E-state index in [0.717, 1.165) is 17.2 Å². The van der Waals surface area contributed by atoms with E-state index in [9.17, 15) is 13.6 Å². The number of carbonyl (C=O) groups excluding carboxylic acids is 1. The summed E-state index contributed by atoms with van der Waals surface area (Å²) in [6.07, 6.45) is 2.54. The average molecular weight is 534 g/mol. The lowest BCUT2D eigenvalue weighted by molar-refractivity contribution is -0.124. The van der Waals surface area contributed by atoms with Gasteiger partial charge in [-0.25, -0.2) is 0 Å². The number of aromatic nitrogens is 3. The van der Waals surface area contributed by atoms with Crippen molar-refractivity contribution in [2.75, 3.05) is 13.1 Å². The molecule has 2 atom stereocenters. The van der Waals surface area contributed by atoms with Crippen LogP contribution in [0.25, 0.3) is 0 Å². The van der Waals surface area contributed by atoms with Crippen molar-refractivity contribution in [3.05, 3.63) is 75.8 Å². The van der Waals surface area contributed by atoms with Gasteiger partial charge < -0.3 is 14.4 Å². The van der Waals surface area contributed by atoms with E-state index in [-0.39, 0.29) is 27.8 Å². The summed E-state index contributed by atoms with van der Waals surface area (Å²) in [4.78, 5) is 13.2. The van der Waals surface area contributed by atoms with Crippen LogP contribution in [0.15, 0.2) is 53.4 Å². The van der Waals surface area contributed by atoms with Crippen LogP contribution in [0.2, 0.25) is 10.0 Å². The highest BCUT2D eigenvalue weighted by molar-refractivity contribution is 7.95. The minimum absolute atomic E-state index is 0.0234. The van der Waals surface area contributed by atoms with Gasteiger partial charge in [-0.05, 0) is 49.1 Å². The zero-order valence-corrected chi connectivity index (χ0v) is 21.2. The smallest absolute Gasteiger partial charge is 0.243 e. The molecule has 0 spiro atoms. The summed E-state index contributed by atoms with van der Waals surface area (Å²) in [7, 11) is -3.67. The van der Waals surface area contributed by atoms with Crippen molar-refractivity contribution < 1.29 is 13.6 Å². The molecule has 2 aliphatic rings. The second-order valence-corrected chi connectivity index (χ2v) is 11.6. The first kappa shape index (κ1) is 24.4. The van der Waals surface area contributed by atoms with Gasteiger partial charge in [0, 0.05) is 37.0 Å². The van der Waals surface area contributed by atoms with E-state index in [1.807, 2.05) is 22.8 Å². The molecule has 35 heavy (non-hydrogen) atoms. The third kappa shape index (κ3) is 4.88. The third-order valence-corrected chi connectivity index (χ3v) is 9.31. The van der Waals surface area contributed by atoms with E-state index in [1.165, 1.54) is 10.4 Å². The number of piperidine rings is 1. The molecule has 2 aliphatic heterocycles. The lowest BCUT2D eigenvalue weighted by Gasteiger charge is -2.33. The molecule has 0 radical (unpaired) electrons. The number of rotatable bonds is 6. The van der Waals surface area contributed by atoms with Crippen molar-refractivity contribution in [2.24, 2.45) is 0 Å². The number of benzene rings is 2. The molecule has 1 amide bonds. The van der Waals surface area contributed by atoms with E-state index >= 15 is 0 Å². The highest BCUT2D eigenvalue weighted by Gasteiger charge is 2.39. The molecule has 3 heterocycles. The summed E-state index contributed by atoms with van der Waals surface area (Å²) in [6, 6.07) is 13.5. The van der Waals surface area contributed by atoms with Crippen LogP contribution < -0.4 is 5.32 Å². The fourth-order valence-corrected chi connectivity index (χ4v) is 7.05. The molecular weight excluding hydrogens is 509 g/mol. The molecule has 2 unspecified atom stereocenters. The van der Waals surface area contributed by atoms with Crippen molar-refractivity contribution >= 4 is 39.5 Å². The molecule has 11 heteroatoms. The van der Waals surface area contributed by atoms with Crippen molar-refractivity contribution in [3.8, 4) is 0 Å². The molecule has 2 aromatic carbocycles. The molecule has 3 aromatic rings. The largest absolute Gasteiger partial charge is 0.593 e. The molecule has 0 saturated carbocycles. The van der Waals surface area contributed by atoms with Gasteiger partial charge in [-0.15, -0.1) is 14.5 Å². The molecule has 184 valence electrons. The highest BCUT2D eigenvalue weighted by atomic mass is 35.5. The van der Waals surface area contributed by atoms with Gasteiger partial charge in [-0.2, -0.15) is 0 Å². The number of hydrogen-bond donors (Lipinski definition) is 1. The Bertz CT molecular complexity index is 1290. The summed E-state index contributed by atoms with van der Waals surface area (Å²) >= 11 is 12.2. The maximum absolute atomic E-state index is 13.1. The Morgan fingerprint density at radius 2 is 1.86 bits per heavy atom. The number of fused-ring (bicyclic) bond motifs is 1. The minimum Gasteiger partial charge on any atom is -0.593 e. The Balaban J connectivity index is 1.26. The van der Waals surface area contributed by atoms with Gasteiger partial charge in [0.2, 0.25) is 5.91 Å². The Labute approximate surface area is 215 Å². The number of amides is 1. The molecule has 5 rings (SSSR count). The summed E-state index contributed by atoms with van der Waals surface area (Å²) < 4.78 is 29.6. The van der Waals surface area contributed by atoms with Gasteiger partial charge in [0.05, 0.1) is 5.02 Å². The summed E-state index contributed by atoms with van der Waals surface area (Å²) in [5.41, 5.74) is 0.931. The van der Waals surface area contributed by atoms with Crippen LogP contribution in [0.5, 0.6) is 0 Å². The lowest BCUT2D eigenvalue weighted by atomic mass is 9.97. The molecule has 0 aliphatic carbocycles. The van der Waals surface area contributed by atoms with Crippen molar-refractivity contribution in [1.82, 2.24) is 24.4 Å². The SMILES string of the molecule is O=C(NCc1cccc(Cl)c1)C1CCc2nnc(C3CCN([S+](=O)([O-])c4ccccc4Cl)CC3)n21. The van der Waals surface area contributed by atoms with E-state index in [2.05, 4.69) is 15.5 Å². The topological polar surface area (TPSA) is 103 Å². The second kappa shape index (κ2) is 9.99. The van der Waals surface area contributed by atoms with Gasteiger partial charge in [0.1, 0.15) is 17.7 Å². The van der Waals surface area contributed by atoms with Crippen LogP contribution >= 0.6 is 23.2 Å². The van der Waals surface area contributed by atoms with Crippen LogP contribution in [0.1, 0.15) is 48.4 Å². The number of nitrogens with zero attached hydrogens (tertiary/aromatic N) is 4. The maximum Gasteiger partial charge on any atom is 0.243 e. The Morgan fingerprint density at radius 1 is 1.09 bits per heavy atom. The monoisotopic (exact) mass is 533 g/mol. The van der Waals surface area contributed by atoms with E-state index in [1.54, 1.807) is 24.3 Å². The summed E-state index contributed by atoms with van der Waals surface area (Å²) in [5, 5.41) is 12.6. The normalized spacial score (nSPS) is 20.4. The van der Waals surface area contributed by atoms with Crippen LogP contribution in [0.4, 0.5) is 0 Å². The molecule has 1 saturated heterocycles. The fourth-order valence-electron chi connectivity index (χ4n) is 4.87. The van der Waals surface area contributed by atoms with Gasteiger partial charge in [-0.1, -0.05) is 51.7 Å². The first-order valence-electron chi connectivity index (χ1n) is 11.5. The van der Waals surface area contributed by atoms with E-state index in [0.29, 0.717) is 50.3 Å². The van der Waals surface area contributed by atoms with Crippen LogP contribution in [0, 0.1) is 0 Å². The number of halogens is 2. The standard InChI is InChI=1S/C24H25Cl2N5O3S/c25-18-5-3-4-16(14-18)15-27-24(32)20-8-9-22-28-29-23(31(20)22)17-10-12-30(13-11-17)35(33,34)21-7-2-1-6-19(21)26/h1-7,14,17,20H,8-13,15H2,(H-,27,32,33,34). The molecule has 1 aromatic heterocycles. The lowest BCUT2D eigenvalue weighted by Crippen LogP contribution is -2.42. The number of nitrogens with one attached hydrogen (secondary N) is 1. The third-order valence-electron chi connectivity index (χ3n) is 6.68. The number of aryl methyl sites for hydroxylation is 1. The van der Waals surface area contributed by atoms with Gasteiger partial charge in [0.25, 0.3) is 0 Å². The summed E-state index contributed by atoms with van der Waals surface area (Å²) in [5.74, 6) is 1.50. The zero-order chi connectivity index (χ0) is 24.6. The zero-order valence-electron chi connectivity index (χ0n) is 18.9. The first-order chi connectivity index (χ1) is 16.8. The molecule has 1 N–H and O–H groups in total. The van der Waals surface area contributed by atoms with Gasteiger partial charge in [-0.3, -0.25) is 4.79 Å². The summed E-state index contributed by atoms with van der Waals surface area (Å²) in [6.45, 7) is 1.10. The highest BCUT2D eigenvalue weighted by Crippen LogP contribution is 2.37. The van der Waals surface area contributed by atoms with Crippen LogP contribution in [-0.2, 0) is 32.4 Å². The van der Waals surface area contributed by atoms with Crippen molar-refractivity contribution in [3.63, 3.8) is 0 Å². The Hall–Kier alpha value is -2.30. The van der Waals surface area contributed by atoms with Gasteiger partial charge >= 0.3 is 0 Å². The second-order valence-electron chi connectivity index (χ2n) is 8.86. The molecular formula is C24H25Cl2N5O3S. The number of sulfonamides is 1. The molecule has 8 nitrogen and oxygen atoms in total. The Kier molecular flexibility index (Phi) is 6.96. The number of carbonyl (C=O) groups is 1. The predicted molar refractivity (Wildman–Crippen MR) is 133 cm³/mol. The van der Waals surface area contributed by atoms with Crippen molar-refractivity contribution in [1.29, 1.82) is 0 Å². The molecule has 1 fully saturated rings. The maximum atomic E-state index is 13.1. The first-order valence-corrected chi connectivity index (χ1v) is 13.7. The Morgan fingerprint density at radius 3 is 2.60 bits per heavy atom. The predicted octanol–water partition coefficient (Wildman–Crippen LogP) is 4.17. The van der Waals surface area contributed by atoms with E-state index in [4.69, 9.17) is 23.2 Å². The van der Waals surface area contributed by atoms with Crippen LogP contribution in [0.3, 0.4) is 0 Å². The van der Waals surface area contributed by atoms with Gasteiger partial charge in [0.15, 0.2) is 15.3 Å². The fraction of sp³-hybridized carbons (Fsp3) is 0.375. The van der Waals surface area contributed by atoms with E-state index < -0.39 is 10.4 Å². The minimum atomic E-state index is -3.67. The quantitative estimate of drug-likeness (QED) is 0.479. The average Bonchev–Trinajstić information content (AvgIpc) is 3.45. The van der Waals surface area contributed by atoms with Crippen LogP contribution in [-0.4, -0.2) is 42.6 Å². The number of hydrogen-bond acceptors (Lipinski definition) is 5. The molecule has 0 bridgehead atoms. The van der Waals surface area contributed by atoms with Crippen molar-refractivity contribution in [2.45, 2.75) is 49.1 Å².